The Morgan fingerprint density at radius 3 is 2.41 bits per heavy atom. The molecule has 1 amide bonds. The van der Waals surface area contributed by atoms with E-state index < -0.39 is 6.04 Å². The molecule has 3 atom stereocenters. The zero-order valence-electron chi connectivity index (χ0n) is 13.4. The van der Waals surface area contributed by atoms with Crippen LogP contribution >= 0.6 is 0 Å². The molecule has 1 N–H and O–H groups in total. The van der Waals surface area contributed by atoms with E-state index in [1.54, 1.807) is 29.2 Å². The van der Waals surface area contributed by atoms with E-state index in [4.69, 9.17) is 4.74 Å². The quantitative estimate of drug-likeness (QED) is 0.670. The van der Waals surface area contributed by atoms with E-state index in [-0.39, 0.29) is 35.5 Å². The number of β-lactam (4-membered cyclic amide) rings is 1. The number of carbonyl (C=O) groups excluding carboxylic acids is 2. The van der Waals surface area contributed by atoms with Crippen LogP contribution in [0.25, 0.3) is 0 Å². The minimum absolute atomic E-state index is 0.0332. The van der Waals surface area contributed by atoms with Crippen LogP contribution in [-0.4, -0.2) is 35.0 Å². The van der Waals surface area contributed by atoms with Crippen molar-refractivity contribution in [1.82, 2.24) is 4.90 Å². The summed E-state index contributed by atoms with van der Waals surface area (Å²) in [5.41, 5.74) is 0.919. The lowest BCUT2D eigenvalue weighted by Gasteiger charge is -2.49. The van der Waals surface area contributed by atoms with Gasteiger partial charge in [-0.15, -0.1) is 0 Å². The van der Waals surface area contributed by atoms with Crippen molar-refractivity contribution in [3.05, 3.63) is 29.8 Å². The Labute approximate surface area is 130 Å². The molecule has 1 aromatic rings. The Morgan fingerprint density at radius 2 is 1.91 bits per heavy atom. The van der Waals surface area contributed by atoms with Crippen molar-refractivity contribution in [3.8, 4) is 5.75 Å². The predicted molar refractivity (Wildman–Crippen MR) is 82.1 cm³/mol. The molecule has 22 heavy (non-hydrogen) atoms. The molecule has 0 bridgehead atoms. The maximum atomic E-state index is 12.3. The first-order chi connectivity index (χ1) is 10.4. The molecule has 1 saturated heterocycles. The first kappa shape index (κ1) is 16.3. The number of rotatable bonds is 5. The largest absolute Gasteiger partial charge is 0.508 e. The highest BCUT2D eigenvalue weighted by molar-refractivity contribution is 5.91. The van der Waals surface area contributed by atoms with E-state index in [1.807, 2.05) is 20.8 Å². The van der Waals surface area contributed by atoms with E-state index >= 15 is 0 Å². The molecule has 0 saturated carbocycles. The number of benzene rings is 1. The Morgan fingerprint density at radius 1 is 1.32 bits per heavy atom. The van der Waals surface area contributed by atoms with E-state index in [2.05, 4.69) is 0 Å². The first-order valence-electron chi connectivity index (χ1n) is 7.55. The number of hydrogen-bond donors (Lipinski definition) is 1. The van der Waals surface area contributed by atoms with Crippen LogP contribution in [0.4, 0.5) is 0 Å². The number of likely N-dealkylation sites (tertiary alicyclic amines) is 1. The smallest absolute Gasteiger partial charge is 0.328 e. The van der Waals surface area contributed by atoms with Gasteiger partial charge in [-0.25, -0.2) is 4.79 Å². The maximum absolute atomic E-state index is 12.3. The molecular formula is C17H23NO4. The van der Waals surface area contributed by atoms with Gasteiger partial charge in [0.2, 0.25) is 5.91 Å². The Bertz CT molecular complexity index is 552. The van der Waals surface area contributed by atoms with Crippen LogP contribution in [0.15, 0.2) is 24.3 Å². The molecule has 0 radical (unpaired) electrons. The Hall–Kier alpha value is -2.04. The molecular weight excluding hydrogens is 282 g/mol. The van der Waals surface area contributed by atoms with Crippen molar-refractivity contribution < 1.29 is 19.4 Å². The summed E-state index contributed by atoms with van der Waals surface area (Å²) in [5, 5.41) is 9.41. The lowest BCUT2D eigenvalue weighted by atomic mass is 9.81. The number of nitrogens with zero attached hydrogens (tertiary/aromatic N) is 1. The van der Waals surface area contributed by atoms with Gasteiger partial charge in [-0.05, 0) is 30.0 Å². The molecule has 2 rings (SSSR count). The molecule has 1 aliphatic heterocycles. The van der Waals surface area contributed by atoms with E-state index in [0.717, 1.165) is 5.56 Å². The molecule has 1 aromatic carbocycles. The molecule has 0 aliphatic carbocycles. The fraction of sp³-hybridized carbons (Fsp3) is 0.529. The lowest BCUT2D eigenvalue weighted by Crippen LogP contribution is -2.60. The highest BCUT2D eigenvalue weighted by Crippen LogP contribution is 2.42. The number of aromatic hydroxyl groups is 1. The third-order valence-electron chi connectivity index (χ3n) is 4.16. The minimum atomic E-state index is -0.562. The number of carbonyl (C=O) groups is 2. The summed E-state index contributed by atoms with van der Waals surface area (Å²) in [6.45, 7) is 5.89. The fourth-order valence-corrected chi connectivity index (χ4v) is 3.04. The van der Waals surface area contributed by atoms with Gasteiger partial charge in [-0.1, -0.05) is 32.9 Å². The van der Waals surface area contributed by atoms with Gasteiger partial charge in [0.1, 0.15) is 11.8 Å². The first-order valence-corrected chi connectivity index (χ1v) is 7.55. The number of ether oxygens (including phenoxy) is 1. The van der Waals surface area contributed by atoms with Gasteiger partial charge < -0.3 is 14.7 Å². The Balaban J connectivity index is 2.30. The topological polar surface area (TPSA) is 66.8 Å². The second-order valence-corrected chi connectivity index (χ2v) is 6.24. The maximum Gasteiger partial charge on any atom is 0.328 e. The van der Waals surface area contributed by atoms with Crippen molar-refractivity contribution in [2.24, 2.45) is 11.8 Å². The van der Waals surface area contributed by atoms with Gasteiger partial charge >= 0.3 is 5.97 Å². The number of methoxy groups -OCH3 is 1. The molecule has 120 valence electrons. The van der Waals surface area contributed by atoms with E-state index in [1.165, 1.54) is 7.11 Å². The normalized spacial score (nSPS) is 22.4. The number of phenolic OH excluding ortho intramolecular Hbond substituents is 1. The van der Waals surface area contributed by atoms with Crippen LogP contribution in [0.3, 0.4) is 0 Å². The van der Waals surface area contributed by atoms with Gasteiger partial charge in [0.05, 0.1) is 19.1 Å². The minimum Gasteiger partial charge on any atom is -0.508 e. The zero-order chi connectivity index (χ0) is 16.4. The monoisotopic (exact) mass is 305 g/mol. The van der Waals surface area contributed by atoms with E-state index in [9.17, 15) is 14.7 Å². The average molecular weight is 305 g/mol. The van der Waals surface area contributed by atoms with Crippen molar-refractivity contribution >= 4 is 11.9 Å². The SMILES string of the molecule is COC(=O)C(CC(C)C)N1C(=O)C(C)C1c1ccc(O)cc1. The second-order valence-electron chi connectivity index (χ2n) is 6.24. The molecule has 5 heteroatoms. The summed E-state index contributed by atoms with van der Waals surface area (Å²) in [5.74, 6) is -0.135. The van der Waals surface area contributed by atoms with E-state index in [0.29, 0.717) is 6.42 Å². The van der Waals surface area contributed by atoms with Gasteiger partial charge in [0.25, 0.3) is 0 Å². The molecule has 3 unspecified atom stereocenters. The number of esters is 1. The third kappa shape index (κ3) is 2.93. The van der Waals surface area contributed by atoms with Gasteiger partial charge in [0, 0.05) is 0 Å². The van der Waals surface area contributed by atoms with Gasteiger partial charge in [-0.3, -0.25) is 4.79 Å². The second kappa shape index (κ2) is 6.38. The van der Waals surface area contributed by atoms with Crippen molar-refractivity contribution in [2.75, 3.05) is 7.11 Å². The molecule has 1 heterocycles. The number of amides is 1. The highest BCUT2D eigenvalue weighted by Gasteiger charge is 2.50. The standard InChI is InChI=1S/C17H23NO4/c1-10(2)9-14(17(21)22-4)18-15(11(3)16(18)20)12-5-7-13(19)8-6-12/h5-8,10-11,14-15,19H,9H2,1-4H3. The summed E-state index contributed by atoms with van der Waals surface area (Å²) in [4.78, 5) is 26.1. The summed E-state index contributed by atoms with van der Waals surface area (Å²) >= 11 is 0. The number of phenols is 1. The van der Waals surface area contributed by atoms with Crippen molar-refractivity contribution in [3.63, 3.8) is 0 Å². The fourth-order valence-electron chi connectivity index (χ4n) is 3.04. The summed E-state index contributed by atoms with van der Waals surface area (Å²) in [7, 11) is 1.35. The van der Waals surface area contributed by atoms with Gasteiger partial charge in [0.15, 0.2) is 0 Å². The summed E-state index contributed by atoms with van der Waals surface area (Å²) in [6.07, 6.45) is 0.569. The molecule has 5 nitrogen and oxygen atoms in total. The summed E-state index contributed by atoms with van der Waals surface area (Å²) in [6, 6.07) is 6.06. The van der Waals surface area contributed by atoms with Crippen molar-refractivity contribution in [2.45, 2.75) is 39.3 Å². The number of hydrogen-bond acceptors (Lipinski definition) is 4. The van der Waals surface area contributed by atoms with Crippen LogP contribution in [-0.2, 0) is 14.3 Å². The Kier molecular flexibility index (Phi) is 4.74. The van der Waals surface area contributed by atoms with Crippen LogP contribution in [0, 0.1) is 11.8 Å². The lowest BCUT2D eigenvalue weighted by molar-refractivity contribution is -0.171. The zero-order valence-corrected chi connectivity index (χ0v) is 13.4. The molecule has 0 spiro atoms. The van der Waals surface area contributed by atoms with Crippen LogP contribution in [0.5, 0.6) is 5.75 Å². The van der Waals surface area contributed by atoms with Crippen LogP contribution < -0.4 is 0 Å². The average Bonchev–Trinajstić information content (AvgIpc) is 2.50. The third-order valence-corrected chi connectivity index (χ3v) is 4.16. The molecule has 1 fully saturated rings. The summed E-state index contributed by atoms with van der Waals surface area (Å²) < 4.78 is 4.88. The van der Waals surface area contributed by atoms with Crippen LogP contribution in [0.2, 0.25) is 0 Å². The van der Waals surface area contributed by atoms with Gasteiger partial charge in [-0.2, -0.15) is 0 Å². The molecule has 1 aliphatic rings. The predicted octanol–water partition coefficient (Wildman–Crippen LogP) is 2.50. The highest BCUT2D eigenvalue weighted by atomic mass is 16.5. The van der Waals surface area contributed by atoms with Crippen LogP contribution in [0.1, 0.15) is 38.8 Å². The van der Waals surface area contributed by atoms with Crippen molar-refractivity contribution in [1.29, 1.82) is 0 Å². The molecule has 0 aromatic heterocycles.